The Bertz CT molecular complexity index is 1550. The van der Waals surface area contributed by atoms with Gasteiger partial charge in [0.1, 0.15) is 0 Å². The number of nitrogens with zero attached hydrogens (tertiary/aromatic N) is 1. The van der Waals surface area contributed by atoms with Gasteiger partial charge in [0.05, 0.1) is 11.0 Å². The van der Waals surface area contributed by atoms with Crippen LogP contribution >= 0.6 is 11.6 Å². The summed E-state index contributed by atoms with van der Waals surface area (Å²) in [5.74, 6) is 0. The molecule has 0 spiro atoms. The highest BCUT2D eigenvalue weighted by molar-refractivity contribution is 6.32. The molecular formula is C30H20ClN. The summed E-state index contributed by atoms with van der Waals surface area (Å²) in [4.78, 5) is 0. The predicted octanol–water partition coefficient (Wildman–Crippen LogP) is 8.77. The maximum atomic E-state index is 6.52. The lowest BCUT2D eigenvalue weighted by Gasteiger charge is -2.13. The van der Waals surface area contributed by atoms with Gasteiger partial charge in [-0.25, -0.2) is 0 Å². The van der Waals surface area contributed by atoms with Gasteiger partial charge in [-0.3, -0.25) is 0 Å². The lowest BCUT2D eigenvalue weighted by molar-refractivity contribution is 1.18. The molecule has 2 heteroatoms. The number of halogens is 1. The second kappa shape index (κ2) is 7.71. The average molecular weight is 430 g/mol. The van der Waals surface area contributed by atoms with Crippen molar-refractivity contribution in [3.05, 3.63) is 126 Å². The Hall–Kier alpha value is -3.81. The second-order valence-electron chi connectivity index (χ2n) is 7.95. The average Bonchev–Trinajstić information content (AvgIpc) is 3.19. The van der Waals surface area contributed by atoms with Crippen molar-refractivity contribution in [3.8, 4) is 27.9 Å². The highest BCUT2D eigenvalue weighted by atomic mass is 35.5. The summed E-state index contributed by atoms with van der Waals surface area (Å²) in [5.41, 5.74) is 8.29. The normalized spacial score (nSPS) is 11.3. The van der Waals surface area contributed by atoms with Gasteiger partial charge in [-0.1, -0.05) is 103 Å². The lowest BCUT2D eigenvalue weighted by Crippen LogP contribution is -1.95. The first kappa shape index (κ1) is 18.9. The largest absolute Gasteiger partial charge is 0.309 e. The maximum Gasteiger partial charge on any atom is 0.0625 e. The molecule has 1 nitrogen and oxygen atoms in total. The molecule has 0 N–H and O–H groups in total. The number of fused-ring (bicyclic) bond motifs is 3. The van der Waals surface area contributed by atoms with E-state index in [2.05, 4.69) is 120 Å². The third-order valence-electron chi connectivity index (χ3n) is 6.05. The Labute approximate surface area is 192 Å². The summed E-state index contributed by atoms with van der Waals surface area (Å²) in [6.07, 6.45) is 0. The van der Waals surface area contributed by atoms with Crippen LogP contribution in [0.3, 0.4) is 0 Å². The standard InChI is InChI=1S/C30H20ClN/c31-23-16-19-28-27(20-23)29-25(21-10-4-1-5-11-21)17-18-26(22-12-6-2-7-13-22)30(29)32(28)24-14-8-3-9-15-24/h1-20H. The summed E-state index contributed by atoms with van der Waals surface area (Å²) in [6.45, 7) is 0. The molecule has 0 unspecified atom stereocenters. The molecule has 0 saturated carbocycles. The van der Waals surface area contributed by atoms with Gasteiger partial charge in [0.15, 0.2) is 0 Å². The van der Waals surface area contributed by atoms with Crippen molar-refractivity contribution in [3.63, 3.8) is 0 Å². The molecule has 1 heterocycles. The summed E-state index contributed by atoms with van der Waals surface area (Å²) < 4.78 is 2.37. The van der Waals surface area contributed by atoms with Crippen LogP contribution in [0.4, 0.5) is 0 Å². The first-order chi connectivity index (χ1) is 15.8. The molecule has 6 rings (SSSR count). The van der Waals surface area contributed by atoms with Crippen LogP contribution in [0, 0.1) is 0 Å². The van der Waals surface area contributed by atoms with Gasteiger partial charge in [-0.2, -0.15) is 0 Å². The number of rotatable bonds is 3. The first-order valence-electron chi connectivity index (χ1n) is 10.7. The molecule has 6 aromatic rings. The van der Waals surface area contributed by atoms with Crippen molar-refractivity contribution in [2.45, 2.75) is 0 Å². The Balaban J connectivity index is 1.86. The number of benzene rings is 5. The minimum Gasteiger partial charge on any atom is -0.309 e. The van der Waals surface area contributed by atoms with Crippen LogP contribution in [0.2, 0.25) is 5.02 Å². The minimum absolute atomic E-state index is 0.744. The highest BCUT2D eigenvalue weighted by Gasteiger charge is 2.20. The fourth-order valence-corrected chi connectivity index (χ4v) is 4.85. The van der Waals surface area contributed by atoms with Crippen LogP contribution in [0.25, 0.3) is 49.7 Å². The molecule has 0 amide bonds. The smallest absolute Gasteiger partial charge is 0.0625 e. The molecule has 5 aromatic carbocycles. The Kier molecular flexibility index (Phi) is 4.56. The Morgan fingerprint density at radius 1 is 0.531 bits per heavy atom. The van der Waals surface area contributed by atoms with Gasteiger partial charge in [0.2, 0.25) is 0 Å². The van der Waals surface area contributed by atoms with Gasteiger partial charge in [0, 0.05) is 27.0 Å². The topological polar surface area (TPSA) is 4.93 Å². The van der Waals surface area contributed by atoms with E-state index in [-0.39, 0.29) is 0 Å². The van der Waals surface area contributed by atoms with Crippen LogP contribution in [-0.2, 0) is 0 Å². The maximum absolute atomic E-state index is 6.52. The Morgan fingerprint density at radius 3 is 1.75 bits per heavy atom. The van der Waals surface area contributed by atoms with E-state index >= 15 is 0 Å². The molecule has 0 aliphatic carbocycles. The number of hydrogen-bond acceptors (Lipinski definition) is 0. The number of hydrogen-bond donors (Lipinski definition) is 0. The van der Waals surface area contributed by atoms with Crippen molar-refractivity contribution < 1.29 is 0 Å². The summed E-state index contributed by atoms with van der Waals surface area (Å²) in [5, 5.41) is 3.13. The van der Waals surface area contributed by atoms with E-state index in [1.165, 1.54) is 33.2 Å². The zero-order valence-corrected chi connectivity index (χ0v) is 18.1. The van der Waals surface area contributed by atoms with Gasteiger partial charge in [-0.15, -0.1) is 0 Å². The van der Waals surface area contributed by atoms with Crippen LogP contribution < -0.4 is 0 Å². The van der Waals surface area contributed by atoms with Gasteiger partial charge < -0.3 is 4.57 Å². The third kappa shape index (κ3) is 3.02. The SMILES string of the molecule is Clc1ccc2c(c1)c1c(-c3ccccc3)ccc(-c3ccccc3)c1n2-c1ccccc1. The molecule has 0 aliphatic rings. The van der Waals surface area contributed by atoms with Crippen molar-refractivity contribution in [2.75, 3.05) is 0 Å². The minimum atomic E-state index is 0.744. The molecule has 0 fully saturated rings. The van der Waals surface area contributed by atoms with Crippen molar-refractivity contribution in [1.82, 2.24) is 4.57 Å². The van der Waals surface area contributed by atoms with Gasteiger partial charge >= 0.3 is 0 Å². The number of aromatic nitrogens is 1. The molecule has 0 aliphatic heterocycles. The Morgan fingerprint density at radius 2 is 1.09 bits per heavy atom. The van der Waals surface area contributed by atoms with Crippen LogP contribution in [0.1, 0.15) is 0 Å². The van der Waals surface area contributed by atoms with E-state index in [9.17, 15) is 0 Å². The van der Waals surface area contributed by atoms with Crippen LogP contribution in [-0.4, -0.2) is 4.57 Å². The highest BCUT2D eigenvalue weighted by Crippen LogP contribution is 2.43. The van der Waals surface area contributed by atoms with E-state index in [0.717, 1.165) is 21.6 Å². The first-order valence-corrected chi connectivity index (χ1v) is 11.1. The number of para-hydroxylation sites is 1. The van der Waals surface area contributed by atoms with E-state index in [4.69, 9.17) is 11.6 Å². The lowest BCUT2D eigenvalue weighted by atomic mass is 9.94. The molecule has 0 bridgehead atoms. The van der Waals surface area contributed by atoms with Gasteiger partial charge in [0.25, 0.3) is 0 Å². The van der Waals surface area contributed by atoms with Crippen molar-refractivity contribution in [1.29, 1.82) is 0 Å². The molecule has 1 aromatic heterocycles. The van der Waals surface area contributed by atoms with Gasteiger partial charge in [-0.05, 0) is 47.0 Å². The van der Waals surface area contributed by atoms with E-state index < -0.39 is 0 Å². The molecule has 0 radical (unpaired) electrons. The van der Waals surface area contributed by atoms with E-state index in [1.807, 2.05) is 6.07 Å². The summed E-state index contributed by atoms with van der Waals surface area (Å²) >= 11 is 6.52. The molecule has 32 heavy (non-hydrogen) atoms. The monoisotopic (exact) mass is 429 g/mol. The zero-order valence-electron chi connectivity index (χ0n) is 17.4. The van der Waals surface area contributed by atoms with E-state index in [0.29, 0.717) is 0 Å². The summed E-state index contributed by atoms with van der Waals surface area (Å²) in [7, 11) is 0. The second-order valence-corrected chi connectivity index (χ2v) is 8.39. The van der Waals surface area contributed by atoms with Crippen molar-refractivity contribution >= 4 is 33.4 Å². The van der Waals surface area contributed by atoms with Crippen LogP contribution in [0.5, 0.6) is 0 Å². The van der Waals surface area contributed by atoms with Crippen LogP contribution in [0.15, 0.2) is 121 Å². The predicted molar refractivity (Wildman–Crippen MR) is 137 cm³/mol. The summed E-state index contributed by atoms with van der Waals surface area (Å²) in [6, 6.07) is 42.5. The molecule has 152 valence electrons. The fourth-order valence-electron chi connectivity index (χ4n) is 4.67. The third-order valence-corrected chi connectivity index (χ3v) is 6.29. The quantitative estimate of drug-likeness (QED) is 0.265. The zero-order chi connectivity index (χ0) is 21.5. The fraction of sp³-hybridized carbons (Fsp3) is 0. The molecule has 0 saturated heterocycles. The molecule has 0 atom stereocenters. The van der Waals surface area contributed by atoms with Crippen molar-refractivity contribution in [2.24, 2.45) is 0 Å². The van der Waals surface area contributed by atoms with E-state index in [1.54, 1.807) is 0 Å². The molecular weight excluding hydrogens is 410 g/mol.